The first-order valence-corrected chi connectivity index (χ1v) is 14.2. The molecule has 2 unspecified atom stereocenters. The molecule has 1 aliphatic heterocycles. The average Bonchev–Trinajstić information content (AvgIpc) is 3.59. The molecule has 4 aromatic heterocycles. The van der Waals surface area contributed by atoms with Gasteiger partial charge < -0.3 is 29.8 Å². The summed E-state index contributed by atoms with van der Waals surface area (Å²) < 4.78 is 32.2. The number of H-pyrrole nitrogens is 1. The van der Waals surface area contributed by atoms with E-state index >= 15 is 4.39 Å². The second kappa shape index (κ2) is 9.46. The molecule has 5 heterocycles. The van der Waals surface area contributed by atoms with Crippen LogP contribution in [0.15, 0.2) is 35.5 Å². The number of aromatic amines is 1. The average molecular weight is 588 g/mol. The molecule has 12 heteroatoms. The number of aryl methyl sites for hydroxylation is 1. The zero-order chi connectivity index (χ0) is 30.4. The quantitative estimate of drug-likeness (QED) is 0.274. The van der Waals surface area contributed by atoms with Crippen molar-refractivity contribution in [2.75, 3.05) is 44.4 Å². The van der Waals surface area contributed by atoms with E-state index in [9.17, 15) is 19.1 Å². The van der Waals surface area contributed by atoms with Gasteiger partial charge in [-0.05, 0) is 39.4 Å². The molecule has 0 radical (unpaired) electrons. The number of pyridine rings is 3. The van der Waals surface area contributed by atoms with Gasteiger partial charge in [0.05, 0.1) is 33.1 Å². The summed E-state index contributed by atoms with van der Waals surface area (Å²) in [7, 11) is 7.46. The van der Waals surface area contributed by atoms with E-state index in [2.05, 4.69) is 44.2 Å². The number of aromatic carboxylic acids is 1. The Hall–Kier alpha value is -4.58. The maximum Gasteiger partial charge on any atom is 0.341 e. The highest BCUT2D eigenvalue weighted by atomic mass is 19.2. The molecule has 1 spiro atoms. The highest BCUT2D eigenvalue weighted by molar-refractivity contribution is 6.18. The third-order valence-corrected chi connectivity index (χ3v) is 9.54. The van der Waals surface area contributed by atoms with Crippen molar-refractivity contribution in [3.63, 3.8) is 0 Å². The molecular weight excluding hydrogens is 556 g/mol. The Balaban J connectivity index is 1.53. The van der Waals surface area contributed by atoms with Gasteiger partial charge >= 0.3 is 5.97 Å². The molecule has 43 heavy (non-hydrogen) atoms. The zero-order valence-corrected chi connectivity index (χ0v) is 24.3. The summed E-state index contributed by atoms with van der Waals surface area (Å²) in [6.45, 7) is 1.42. The van der Waals surface area contributed by atoms with Crippen molar-refractivity contribution in [1.29, 1.82) is 0 Å². The van der Waals surface area contributed by atoms with Crippen molar-refractivity contribution in [3.8, 4) is 11.1 Å². The van der Waals surface area contributed by atoms with Gasteiger partial charge in [0.15, 0.2) is 11.6 Å². The summed E-state index contributed by atoms with van der Waals surface area (Å²) in [5.41, 5.74) is 2.40. The van der Waals surface area contributed by atoms with Gasteiger partial charge in [0.1, 0.15) is 16.9 Å². The van der Waals surface area contributed by atoms with Crippen molar-refractivity contribution in [3.05, 3.63) is 58.1 Å². The molecule has 1 aromatic carbocycles. The van der Waals surface area contributed by atoms with E-state index in [1.54, 1.807) is 32.6 Å². The van der Waals surface area contributed by atoms with Gasteiger partial charge in [-0.3, -0.25) is 4.79 Å². The monoisotopic (exact) mass is 587 g/mol. The standard InChI is InChI=1S/C31H31F2N7O3/c1-34-20-10-19(32)24(33)22-23-26(40-8-7-31(14-40)6-5-21(31)38(2)3)17(12-35-28(23)37-25(20)22)15-9-16-27(41)18(30(42)43)13-39(4)29(16)36-11-15/h9-13,21,34H,5-8,14H2,1-4H3,(H,35,37)(H,42,43). The van der Waals surface area contributed by atoms with E-state index in [0.29, 0.717) is 57.3 Å². The van der Waals surface area contributed by atoms with E-state index in [0.717, 1.165) is 31.9 Å². The molecule has 222 valence electrons. The SMILES string of the molecule is CNc1cc(F)c(F)c2c1[nH]c1ncc(-c3cnc4c(c3)c(=O)c(C(=O)O)cn4C)c(N3CCC4(CCC4N(C)C)C3)c12. The number of fused-ring (bicyclic) bond motifs is 4. The van der Waals surface area contributed by atoms with Gasteiger partial charge in [-0.1, -0.05) is 0 Å². The Kier molecular flexibility index (Phi) is 6.00. The van der Waals surface area contributed by atoms with Crippen LogP contribution >= 0.6 is 0 Å². The predicted molar refractivity (Wildman–Crippen MR) is 162 cm³/mol. The molecule has 3 N–H and O–H groups in total. The Morgan fingerprint density at radius 1 is 1.19 bits per heavy atom. The van der Waals surface area contributed by atoms with Crippen LogP contribution in [-0.2, 0) is 7.05 Å². The molecule has 0 amide bonds. The third kappa shape index (κ3) is 3.85. The maximum atomic E-state index is 15.7. The van der Waals surface area contributed by atoms with Crippen LogP contribution < -0.4 is 15.6 Å². The fourth-order valence-electron chi connectivity index (χ4n) is 7.39. The lowest BCUT2D eigenvalue weighted by molar-refractivity contribution is 0.0177. The van der Waals surface area contributed by atoms with Crippen LogP contribution in [0.1, 0.15) is 29.6 Å². The van der Waals surface area contributed by atoms with Crippen molar-refractivity contribution >= 4 is 50.3 Å². The van der Waals surface area contributed by atoms with Crippen molar-refractivity contribution in [2.24, 2.45) is 12.5 Å². The lowest BCUT2D eigenvalue weighted by Gasteiger charge is -2.50. The van der Waals surface area contributed by atoms with Crippen molar-refractivity contribution < 1.29 is 18.7 Å². The number of anilines is 2. The lowest BCUT2D eigenvalue weighted by Crippen LogP contribution is -2.54. The van der Waals surface area contributed by atoms with Crippen LogP contribution in [-0.4, -0.2) is 75.8 Å². The summed E-state index contributed by atoms with van der Waals surface area (Å²) in [6.07, 6.45) is 7.63. The first-order chi connectivity index (χ1) is 20.5. The molecule has 0 bridgehead atoms. The molecule has 1 saturated carbocycles. The Bertz CT molecular complexity index is 2050. The number of nitrogens with one attached hydrogen (secondary N) is 2. The lowest BCUT2D eigenvalue weighted by atomic mass is 9.63. The minimum Gasteiger partial charge on any atom is -0.477 e. The number of carboxylic acid groups (broad SMARTS) is 1. The second-order valence-corrected chi connectivity index (χ2v) is 12.0. The first-order valence-electron chi connectivity index (χ1n) is 14.2. The Labute approximate surface area is 244 Å². The number of rotatable bonds is 5. The number of nitrogens with zero attached hydrogens (tertiary/aromatic N) is 5. The molecule has 1 saturated heterocycles. The number of benzene rings is 1. The van der Waals surface area contributed by atoms with Crippen LogP contribution in [0.5, 0.6) is 0 Å². The molecule has 10 nitrogen and oxygen atoms in total. The maximum absolute atomic E-state index is 15.7. The van der Waals surface area contributed by atoms with Gasteiger partial charge in [0.2, 0.25) is 5.43 Å². The Morgan fingerprint density at radius 3 is 2.65 bits per heavy atom. The number of hydrogen-bond donors (Lipinski definition) is 3. The van der Waals surface area contributed by atoms with Gasteiger partial charge in [-0.15, -0.1) is 0 Å². The van der Waals surface area contributed by atoms with Crippen molar-refractivity contribution in [1.82, 2.24) is 24.4 Å². The predicted octanol–water partition coefficient (Wildman–Crippen LogP) is 4.57. The highest BCUT2D eigenvalue weighted by Crippen LogP contribution is 2.53. The number of carboxylic acids is 1. The van der Waals surface area contributed by atoms with E-state index in [4.69, 9.17) is 0 Å². The largest absolute Gasteiger partial charge is 0.477 e. The van der Waals surface area contributed by atoms with Crippen molar-refractivity contribution in [2.45, 2.75) is 25.3 Å². The normalized spacial score (nSPS) is 20.2. The van der Waals surface area contributed by atoms with Crippen LogP contribution in [0, 0.1) is 17.0 Å². The first kappa shape index (κ1) is 27.3. The molecule has 2 aliphatic rings. The fourth-order valence-corrected chi connectivity index (χ4v) is 7.39. The fraction of sp³-hybridized carbons (Fsp3) is 0.355. The van der Waals surface area contributed by atoms with Gasteiger partial charge in [0.25, 0.3) is 0 Å². The summed E-state index contributed by atoms with van der Waals surface area (Å²) in [5, 5.41) is 13.3. The molecule has 2 fully saturated rings. The number of aromatic nitrogens is 4. The summed E-state index contributed by atoms with van der Waals surface area (Å²) in [6, 6.07) is 3.15. The van der Waals surface area contributed by atoms with Crippen LogP contribution in [0.2, 0.25) is 0 Å². The number of carbonyl (C=O) groups is 1. The Morgan fingerprint density at radius 2 is 1.98 bits per heavy atom. The van der Waals surface area contributed by atoms with E-state index in [1.165, 1.54) is 10.8 Å². The molecule has 7 rings (SSSR count). The highest BCUT2D eigenvalue weighted by Gasteiger charge is 2.52. The van der Waals surface area contributed by atoms with Crippen LogP contribution in [0.4, 0.5) is 20.2 Å². The molecular formula is C31H31F2N7O3. The van der Waals surface area contributed by atoms with Gasteiger partial charge in [0, 0.05) is 74.4 Å². The number of hydrogen-bond acceptors (Lipinski definition) is 7. The minimum absolute atomic E-state index is 0.0658. The topological polar surface area (TPSA) is 119 Å². The molecule has 2 atom stereocenters. The summed E-state index contributed by atoms with van der Waals surface area (Å²) in [4.78, 5) is 41.9. The van der Waals surface area contributed by atoms with E-state index in [-0.39, 0.29) is 21.8 Å². The minimum atomic E-state index is -1.33. The van der Waals surface area contributed by atoms with E-state index < -0.39 is 23.0 Å². The van der Waals surface area contributed by atoms with Gasteiger partial charge in [-0.2, -0.15) is 0 Å². The summed E-state index contributed by atoms with van der Waals surface area (Å²) in [5.74, 6) is -3.27. The molecule has 5 aromatic rings. The second-order valence-electron chi connectivity index (χ2n) is 12.0. The van der Waals surface area contributed by atoms with E-state index in [1.807, 2.05) is 0 Å². The molecule has 1 aliphatic carbocycles. The van der Waals surface area contributed by atoms with Crippen LogP contribution in [0.25, 0.3) is 44.1 Å². The summed E-state index contributed by atoms with van der Waals surface area (Å²) >= 11 is 0. The van der Waals surface area contributed by atoms with Gasteiger partial charge in [-0.25, -0.2) is 23.5 Å². The third-order valence-electron chi connectivity index (χ3n) is 9.54. The number of halogens is 2. The zero-order valence-electron chi connectivity index (χ0n) is 24.3. The van der Waals surface area contributed by atoms with Crippen LogP contribution in [0.3, 0.4) is 0 Å². The smallest absolute Gasteiger partial charge is 0.341 e.